The molecule has 0 fully saturated rings. The summed E-state index contributed by atoms with van der Waals surface area (Å²) >= 11 is 0. The Labute approximate surface area is 114 Å². The number of pyridine rings is 2. The second kappa shape index (κ2) is 5.00. The maximum Gasteiger partial charge on any atom is 0.341 e. The van der Waals surface area contributed by atoms with Crippen molar-refractivity contribution in [3.8, 4) is 17.1 Å². The molecular formula is C14H11N3O3. The first-order valence-electron chi connectivity index (χ1n) is 5.97. The molecule has 100 valence electrons. The van der Waals surface area contributed by atoms with E-state index in [0.29, 0.717) is 0 Å². The van der Waals surface area contributed by atoms with Crippen molar-refractivity contribution >= 4 is 11.6 Å². The highest BCUT2D eigenvalue weighted by molar-refractivity contribution is 5.68. The molecular weight excluding hydrogens is 258 g/mol. The molecule has 0 unspecified atom stereocenters. The van der Waals surface area contributed by atoms with Gasteiger partial charge in [0.1, 0.15) is 5.65 Å². The summed E-state index contributed by atoms with van der Waals surface area (Å²) in [5.41, 5.74) is 2.65. The van der Waals surface area contributed by atoms with E-state index in [1.54, 1.807) is 18.5 Å². The van der Waals surface area contributed by atoms with Gasteiger partial charge >= 0.3 is 5.97 Å². The van der Waals surface area contributed by atoms with Crippen LogP contribution >= 0.6 is 0 Å². The molecule has 3 heterocycles. The Morgan fingerprint density at radius 2 is 2.10 bits per heavy atom. The van der Waals surface area contributed by atoms with Crippen LogP contribution in [0.1, 0.15) is 0 Å². The van der Waals surface area contributed by atoms with Crippen LogP contribution in [0.3, 0.4) is 0 Å². The molecule has 0 aliphatic rings. The van der Waals surface area contributed by atoms with Gasteiger partial charge in [-0.2, -0.15) is 0 Å². The lowest BCUT2D eigenvalue weighted by Gasteiger charge is -2.04. The van der Waals surface area contributed by atoms with Crippen molar-refractivity contribution in [1.29, 1.82) is 0 Å². The van der Waals surface area contributed by atoms with E-state index in [1.165, 1.54) is 0 Å². The first-order valence-corrected chi connectivity index (χ1v) is 5.97. The van der Waals surface area contributed by atoms with E-state index >= 15 is 0 Å². The largest absolute Gasteiger partial charge is 0.479 e. The number of carbonyl (C=O) groups is 1. The van der Waals surface area contributed by atoms with Gasteiger partial charge < -0.3 is 9.84 Å². The molecule has 0 aliphatic heterocycles. The van der Waals surface area contributed by atoms with Gasteiger partial charge in [0.05, 0.1) is 11.9 Å². The van der Waals surface area contributed by atoms with E-state index in [1.807, 2.05) is 34.9 Å². The number of rotatable bonds is 4. The minimum Gasteiger partial charge on any atom is -0.479 e. The second-order valence-electron chi connectivity index (χ2n) is 4.14. The lowest BCUT2D eigenvalue weighted by Crippen LogP contribution is -2.10. The molecule has 0 aliphatic carbocycles. The maximum absolute atomic E-state index is 10.4. The van der Waals surface area contributed by atoms with Crippen molar-refractivity contribution in [2.24, 2.45) is 0 Å². The monoisotopic (exact) mass is 269 g/mol. The zero-order valence-electron chi connectivity index (χ0n) is 10.4. The molecule has 20 heavy (non-hydrogen) atoms. The van der Waals surface area contributed by atoms with Gasteiger partial charge in [-0.15, -0.1) is 0 Å². The van der Waals surface area contributed by atoms with E-state index in [4.69, 9.17) is 9.84 Å². The van der Waals surface area contributed by atoms with Crippen molar-refractivity contribution in [3.05, 3.63) is 48.9 Å². The summed E-state index contributed by atoms with van der Waals surface area (Å²) in [6.45, 7) is -0.401. The Hall–Kier alpha value is -2.89. The molecule has 1 N–H and O–H groups in total. The number of carboxylic acid groups (broad SMARTS) is 1. The van der Waals surface area contributed by atoms with Crippen molar-refractivity contribution < 1.29 is 14.6 Å². The minimum absolute atomic E-state index is 0.282. The lowest BCUT2D eigenvalue weighted by atomic mass is 10.2. The molecule has 0 bridgehead atoms. The average Bonchev–Trinajstić information content (AvgIpc) is 2.89. The predicted molar refractivity (Wildman–Crippen MR) is 71.6 cm³/mol. The first-order chi connectivity index (χ1) is 9.74. The molecule has 0 spiro atoms. The van der Waals surface area contributed by atoms with Crippen LogP contribution < -0.4 is 4.74 Å². The molecule has 0 aromatic carbocycles. The van der Waals surface area contributed by atoms with Crippen molar-refractivity contribution in [3.63, 3.8) is 0 Å². The SMILES string of the molecule is O=C(O)COc1ccc(-c2cnc3ccccn23)cn1. The van der Waals surface area contributed by atoms with Crippen molar-refractivity contribution in [1.82, 2.24) is 14.4 Å². The van der Waals surface area contributed by atoms with Crippen LogP contribution in [0.25, 0.3) is 16.9 Å². The number of imidazole rings is 1. The van der Waals surface area contributed by atoms with E-state index < -0.39 is 12.6 Å². The van der Waals surface area contributed by atoms with Gasteiger partial charge in [-0.1, -0.05) is 6.07 Å². The van der Waals surface area contributed by atoms with Gasteiger partial charge in [-0.25, -0.2) is 14.8 Å². The molecule has 0 saturated heterocycles. The van der Waals surface area contributed by atoms with E-state index in [2.05, 4.69) is 9.97 Å². The Balaban J connectivity index is 1.89. The number of aromatic nitrogens is 3. The number of hydrogen-bond donors (Lipinski definition) is 1. The highest BCUT2D eigenvalue weighted by atomic mass is 16.5. The molecule has 0 amide bonds. The number of fused-ring (bicyclic) bond motifs is 1. The smallest absolute Gasteiger partial charge is 0.341 e. The maximum atomic E-state index is 10.4. The fraction of sp³-hybridized carbons (Fsp3) is 0.0714. The van der Waals surface area contributed by atoms with E-state index in [-0.39, 0.29) is 5.88 Å². The van der Waals surface area contributed by atoms with E-state index in [0.717, 1.165) is 16.9 Å². The van der Waals surface area contributed by atoms with Crippen LogP contribution in [0, 0.1) is 0 Å². The first kappa shape index (κ1) is 12.2. The zero-order valence-corrected chi connectivity index (χ0v) is 10.4. The fourth-order valence-corrected chi connectivity index (χ4v) is 1.90. The number of nitrogens with zero attached hydrogens (tertiary/aromatic N) is 3. The van der Waals surface area contributed by atoms with Crippen LogP contribution in [0.5, 0.6) is 5.88 Å². The summed E-state index contributed by atoms with van der Waals surface area (Å²) in [6, 6.07) is 9.23. The molecule has 3 aromatic heterocycles. The normalized spacial score (nSPS) is 10.6. The topological polar surface area (TPSA) is 76.7 Å². The lowest BCUT2D eigenvalue weighted by molar-refractivity contribution is -0.139. The number of aliphatic carboxylic acids is 1. The molecule has 6 nitrogen and oxygen atoms in total. The molecule has 3 aromatic rings. The van der Waals surface area contributed by atoms with Crippen molar-refractivity contribution in [2.75, 3.05) is 6.61 Å². The molecule has 0 saturated carbocycles. The summed E-state index contributed by atoms with van der Waals surface area (Å²) in [6.07, 6.45) is 5.32. The highest BCUT2D eigenvalue weighted by Crippen LogP contribution is 2.21. The minimum atomic E-state index is -1.03. The van der Waals surface area contributed by atoms with Crippen LogP contribution in [0.4, 0.5) is 0 Å². The number of hydrogen-bond acceptors (Lipinski definition) is 4. The van der Waals surface area contributed by atoms with Crippen LogP contribution in [-0.4, -0.2) is 32.1 Å². The summed E-state index contributed by atoms with van der Waals surface area (Å²) in [5.74, 6) is -0.748. The van der Waals surface area contributed by atoms with Gasteiger partial charge in [-0.05, 0) is 18.2 Å². The zero-order chi connectivity index (χ0) is 13.9. The Morgan fingerprint density at radius 3 is 2.85 bits per heavy atom. The highest BCUT2D eigenvalue weighted by Gasteiger charge is 2.06. The molecule has 0 atom stereocenters. The third kappa shape index (κ3) is 2.31. The quantitative estimate of drug-likeness (QED) is 0.782. The number of ether oxygens (including phenoxy) is 1. The van der Waals surface area contributed by atoms with Crippen LogP contribution in [0.2, 0.25) is 0 Å². The summed E-state index contributed by atoms with van der Waals surface area (Å²) in [4.78, 5) is 18.8. The summed E-state index contributed by atoms with van der Waals surface area (Å²) in [5, 5.41) is 8.53. The Kier molecular flexibility index (Phi) is 3.04. The predicted octanol–water partition coefficient (Wildman–Crippen LogP) is 1.86. The summed E-state index contributed by atoms with van der Waals surface area (Å²) in [7, 11) is 0. The van der Waals surface area contributed by atoms with Gasteiger partial charge in [-0.3, -0.25) is 4.40 Å². The third-order valence-corrected chi connectivity index (χ3v) is 2.79. The van der Waals surface area contributed by atoms with Gasteiger partial charge in [0, 0.05) is 24.0 Å². The average molecular weight is 269 g/mol. The Bertz CT molecular complexity index is 750. The third-order valence-electron chi connectivity index (χ3n) is 2.79. The van der Waals surface area contributed by atoms with Gasteiger partial charge in [0.2, 0.25) is 5.88 Å². The standard InChI is InChI=1S/C14H11N3O3/c18-14(19)9-20-13-5-4-10(7-16-13)11-8-15-12-3-1-2-6-17(11)12/h1-8H,9H2,(H,18,19). The van der Waals surface area contributed by atoms with Gasteiger partial charge in [0.15, 0.2) is 6.61 Å². The Morgan fingerprint density at radius 1 is 1.20 bits per heavy atom. The number of carboxylic acids is 1. The second-order valence-corrected chi connectivity index (χ2v) is 4.14. The van der Waals surface area contributed by atoms with Crippen LogP contribution in [-0.2, 0) is 4.79 Å². The molecule has 3 rings (SSSR count). The molecule has 0 radical (unpaired) electrons. The fourth-order valence-electron chi connectivity index (χ4n) is 1.90. The molecule has 6 heteroatoms. The van der Waals surface area contributed by atoms with E-state index in [9.17, 15) is 4.79 Å². The van der Waals surface area contributed by atoms with Gasteiger partial charge in [0.25, 0.3) is 0 Å². The summed E-state index contributed by atoms with van der Waals surface area (Å²) < 4.78 is 6.95. The van der Waals surface area contributed by atoms with Crippen molar-refractivity contribution in [2.45, 2.75) is 0 Å². The van der Waals surface area contributed by atoms with Crippen LogP contribution in [0.15, 0.2) is 48.9 Å².